The summed E-state index contributed by atoms with van der Waals surface area (Å²) in [5.74, 6) is -0.863. The lowest BCUT2D eigenvalue weighted by Crippen LogP contribution is -2.37. The van der Waals surface area contributed by atoms with Gasteiger partial charge in [0.2, 0.25) is 0 Å². The van der Waals surface area contributed by atoms with Gasteiger partial charge in [0.1, 0.15) is 19.8 Å². The highest BCUT2D eigenvalue weighted by atomic mass is 31.2. The molecule has 9 nitrogen and oxygen atoms in total. The van der Waals surface area contributed by atoms with Gasteiger partial charge >= 0.3 is 11.9 Å². The maximum Gasteiger partial charge on any atom is 0.306 e. The van der Waals surface area contributed by atoms with Crippen LogP contribution in [0.2, 0.25) is 0 Å². The van der Waals surface area contributed by atoms with Crippen LogP contribution in [0.4, 0.5) is 0 Å². The van der Waals surface area contributed by atoms with E-state index in [1.165, 1.54) is 122 Å². The predicted molar refractivity (Wildman–Crippen MR) is 314 cm³/mol. The normalized spacial score (nSPS) is 14.0. The smallest absolute Gasteiger partial charge is 0.306 e. The van der Waals surface area contributed by atoms with Crippen LogP contribution < -0.4 is 4.89 Å². The first-order chi connectivity index (χ1) is 36.0. The van der Waals surface area contributed by atoms with Crippen molar-refractivity contribution < 1.29 is 42.1 Å². The molecule has 0 aliphatic rings. The summed E-state index contributed by atoms with van der Waals surface area (Å²) in [5.41, 5.74) is 0. The maximum absolute atomic E-state index is 12.8. The average Bonchev–Trinajstić information content (AvgIpc) is 3.36. The number of phosphoric acid groups is 1. The molecule has 0 saturated heterocycles. The summed E-state index contributed by atoms with van der Waals surface area (Å²) in [4.78, 5) is 37.9. The minimum atomic E-state index is -4.65. The number of hydrogen-bond donors (Lipinski definition) is 0. The Hall–Kier alpha value is -3.07. The monoisotopic (exact) mass is 1050 g/mol. The summed E-state index contributed by atoms with van der Waals surface area (Å²) in [6, 6.07) is 0. The van der Waals surface area contributed by atoms with Crippen molar-refractivity contribution in [2.45, 2.75) is 251 Å². The number of carbonyl (C=O) groups excluding carboxylic acids is 2. The van der Waals surface area contributed by atoms with Gasteiger partial charge in [-0.05, 0) is 96.3 Å². The Morgan fingerprint density at radius 3 is 1.15 bits per heavy atom. The second kappa shape index (κ2) is 54.7. The molecule has 0 heterocycles. The lowest BCUT2D eigenvalue weighted by atomic mass is 10.0. The van der Waals surface area contributed by atoms with Crippen LogP contribution >= 0.6 is 7.82 Å². The first kappa shape index (κ1) is 70.9. The second-order valence-electron chi connectivity index (χ2n) is 21.0. The summed E-state index contributed by atoms with van der Waals surface area (Å²) < 4.78 is 34.2. The van der Waals surface area contributed by atoms with Crippen molar-refractivity contribution in [1.29, 1.82) is 0 Å². The number of hydrogen-bond acceptors (Lipinski definition) is 8. The van der Waals surface area contributed by atoms with E-state index in [0.717, 1.165) is 89.9 Å². The van der Waals surface area contributed by atoms with Gasteiger partial charge in [-0.3, -0.25) is 14.2 Å². The molecule has 0 aromatic heterocycles. The molecular formula is C64H112NO8P. The zero-order valence-corrected chi connectivity index (χ0v) is 49.2. The molecule has 0 saturated carbocycles. The third-order valence-electron chi connectivity index (χ3n) is 12.6. The number of quaternary nitrogens is 1. The standard InChI is InChI=1S/C64H112NO8P/c1-6-8-10-12-14-16-18-20-22-24-26-28-30-31-32-33-35-36-38-40-42-44-46-48-50-52-54-56-63(66)70-60-62(61-72-74(68,69)71-59-58-65(3,4)5)73-64(67)57-55-53-51-49-47-45-43-41-39-37-34-29-27-25-23-21-19-17-15-13-11-9-7-2/h9,11,15,17-18,20-21,23-24,26-27,29,37,39,43,45,62H,6-8,10,12-14,16,19,22,25,28,30-36,38,40-42,44,46-61H2,1-5H3/b11-9-,17-15-,20-18-,23-21-,26-24-,29-27-,39-37-,45-43-. The zero-order valence-electron chi connectivity index (χ0n) is 48.3. The average molecular weight is 1050 g/mol. The molecule has 0 spiro atoms. The first-order valence-corrected chi connectivity index (χ1v) is 31.4. The minimum absolute atomic E-state index is 0.0406. The van der Waals surface area contributed by atoms with Crippen molar-refractivity contribution in [2.75, 3.05) is 47.5 Å². The predicted octanol–water partition coefficient (Wildman–Crippen LogP) is 18.2. The van der Waals surface area contributed by atoms with Crippen molar-refractivity contribution >= 4 is 19.8 Å². The van der Waals surface area contributed by atoms with Gasteiger partial charge in [-0.15, -0.1) is 0 Å². The van der Waals surface area contributed by atoms with Gasteiger partial charge in [-0.2, -0.15) is 0 Å². The Bertz CT molecular complexity index is 1570. The van der Waals surface area contributed by atoms with E-state index in [9.17, 15) is 19.0 Å². The van der Waals surface area contributed by atoms with Crippen LogP contribution in [0.1, 0.15) is 245 Å². The van der Waals surface area contributed by atoms with Crippen LogP contribution in [0.25, 0.3) is 0 Å². The fourth-order valence-corrected chi connectivity index (χ4v) is 8.71. The molecule has 0 aliphatic carbocycles. The van der Waals surface area contributed by atoms with E-state index in [2.05, 4.69) is 111 Å². The maximum atomic E-state index is 12.8. The molecule has 74 heavy (non-hydrogen) atoms. The number of rotatable bonds is 54. The first-order valence-electron chi connectivity index (χ1n) is 29.9. The molecule has 0 radical (unpaired) electrons. The number of carbonyl (C=O) groups is 2. The summed E-state index contributed by atoms with van der Waals surface area (Å²) in [5, 5.41) is 0. The third kappa shape index (κ3) is 58.2. The molecular weight excluding hydrogens is 942 g/mol. The summed E-state index contributed by atoms with van der Waals surface area (Å²) in [6.07, 6.45) is 74.5. The van der Waals surface area contributed by atoms with Crippen molar-refractivity contribution in [1.82, 2.24) is 0 Å². The number of ether oxygens (including phenoxy) is 2. The number of esters is 2. The van der Waals surface area contributed by atoms with Crippen LogP contribution in [0.15, 0.2) is 97.2 Å². The fraction of sp³-hybridized carbons (Fsp3) is 0.719. The van der Waals surface area contributed by atoms with Gasteiger partial charge < -0.3 is 27.9 Å². The highest BCUT2D eigenvalue weighted by Crippen LogP contribution is 2.38. The van der Waals surface area contributed by atoms with Gasteiger partial charge in [0.15, 0.2) is 6.10 Å². The molecule has 2 unspecified atom stereocenters. The third-order valence-corrected chi connectivity index (χ3v) is 13.6. The van der Waals surface area contributed by atoms with Gasteiger partial charge in [-0.1, -0.05) is 233 Å². The molecule has 10 heteroatoms. The zero-order chi connectivity index (χ0) is 54.2. The molecule has 0 rings (SSSR count). The summed E-state index contributed by atoms with van der Waals surface area (Å²) in [7, 11) is 1.14. The lowest BCUT2D eigenvalue weighted by Gasteiger charge is -2.28. The molecule has 0 N–H and O–H groups in total. The summed E-state index contributed by atoms with van der Waals surface area (Å²) >= 11 is 0. The number of phosphoric ester groups is 1. The van der Waals surface area contributed by atoms with Gasteiger partial charge in [0, 0.05) is 12.8 Å². The molecule has 0 amide bonds. The molecule has 2 atom stereocenters. The van der Waals surface area contributed by atoms with Crippen LogP contribution in [-0.4, -0.2) is 70.0 Å². The van der Waals surface area contributed by atoms with Crippen LogP contribution in [0, 0.1) is 0 Å². The van der Waals surface area contributed by atoms with Gasteiger partial charge in [0.05, 0.1) is 27.7 Å². The van der Waals surface area contributed by atoms with Gasteiger partial charge in [-0.25, -0.2) is 0 Å². The molecule has 426 valence electrons. The fourth-order valence-electron chi connectivity index (χ4n) is 7.98. The number of likely N-dealkylation sites (N-methyl/N-ethyl adjacent to an activating group) is 1. The summed E-state index contributed by atoms with van der Waals surface area (Å²) in [6.45, 7) is 4.09. The lowest BCUT2D eigenvalue weighted by molar-refractivity contribution is -0.870. The minimum Gasteiger partial charge on any atom is -0.756 e. The Kier molecular flexibility index (Phi) is 52.4. The quantitative estimate of drug-likeness (QED) is 0.0195. The topological polar surface area (TPSA) is 111 Å². The Balaban J connectivity index is 4.20. The molecule has 0 aromatic rings. The van der Waals surface area contributed by atoms with Crippen molar-refractivity contribution in [3.8, 4) is 0 Å². The highest BCUT2D eigenvalue weighted by molar-refractivity contribution is 7.45. The van der Waals surface area contributed by atoms with E-state index in [-0.39, 0.29) is 26.1 Å². The van der Waals surface area contributed by atoms with Crippen molar-refractivity contribution in [3.05, 3.63) is 97.2 Å². The van der Waals surface area contributed by atoms with E-state index in [1.54, 1.807) is 0 Å². The van der Waals surface area contributed by atoms with E-state index in [4.69, 9.17) is 18.5 Å². The molecule has 0 fully saturated rings. The number of unbranched alkanes of at least 4 members (excludes halogenated alkanes) is 24. The van der Waals surface area contributed by atoms with Crippen LogP contribution in [0.5, 0.6) is 0 Å². The molecule has 0 bridgehead atoms. The van der Waals surface area contributed by atoms with Gasteiger partial charge in [0.25, 0.3) is 7.82 Å². The van der Waals surface area contributed by atoms with E-state index in [1.807, 2.05) is 21.1 Å². The van der Waals surface area contributed by atoms with Crippen molar-refractivity contribution in [2.24, 2.45) is 0 Å². The second-order valence-corrected chi connectivity index (χ2v) is 22.4. The molecule has 0 aliphatic heterocycles. The van der Waals surface area contributed by atoms with E-state index < -0.39 is 32.5 Å². The number of nitrogens with zero attached hydrogens (tertiary/aromatic N) is 1. The van der Waals surface area contributed by atoms with Crippen LogP contribution in [-0.2, 0) is 32.7 Å². The number of allylic oxidation sites excluding steroid dienone is 16. The Labute approximate surface area is 455 Å². The van der Waals surface area contributed by atoms with E-state index >= 15 is 0 Å². The van der Waals surface area contributed by atoms with E-state index in [0.29, 0.717) is 17.4 Å². The highest BCUT2D eigenvalue weighted by Gasteiger charge is 2.22. The largest absolute Gasteiger partial charge is 0.756 e. The Morgan fingerprint density at radius 1 is 0.432 bits per heavy atom. The van der Waals surface area contributed by atoms with Crippen LogP contribution in [0.3, 0.4) is 0 Å². The van der Waals surface area contributed by atoms with Crippen molar-refractivity contribution in [3.63, 3.8) is 0 Å². The Morgan fingerprint density at radius 2 is 0.770 bits per heavy atom. The molecule has 0 aromatic carbocycles. The SMILES string of the molecule is CC/C=C\C/C=C\C/C=C\C/C=C\C/C=C\C/C=C\CCCCCCC(=O)OC(COC(=O)CCCCCCCCCCCCCCCCC/C=C\C/C=C\CCCCCCC)COP(=O)([O-])OCC[N+](C)(C)C.